The third-order valence-corrected chi connectivity index (χ3v) is 4.83. The molecule has 0 spiro atoms. The zero-order valence-electron chi connectivity index (χ0n) is 14.6. The van der Waals surface area contributed by atoms with Crippen molar-refractivity contribution in [3.05, 3.63) is 0 Å². The van der Waals surface area contributed by atoms with Crippen molar-refractivity contribution < 1.29 is 64.7 Å². The Kier molecular flexibility index (Phi) is 7.30. The van der Waals surface area contributed by atoms with E-state index in [4.69, 9.17) is 14.6 Å². The Morgan fingerprint density at radius 3 is 2.21 bits per heavy atom. The summed E-state index contributed by atoms with van der Waals surface area (Å²) in [5, 5.41) is 78.7. The molecule has 28 heavy (non-hydrogen) atoms. The number of ether oxygens (including phenoxy) is 3. The van der Waals surface area contributed by atoms with Gasteiger partial charge in [-0.05, 0) is 0 Å². The van der Waals surface area contributed by atoms with Crippen molar-refractivity contribution in [3.8, 4) is 0 Å². The van der Waals surface area contributed by atoms with E-state index in [9.17, 15) is 45.3 Å². The van der Waals surface area contributed by atoms with Crippen LogP contribution in [0.4, 0.5) is 0 Å². The number of aliphatic carboxylic acids is 1. The Bertz CT molecular complexity index is 568. The van der Waals surface area contributed by atoms with Crippen molar-refractivity contribution in [1.29, 1.82) is 0 Å². The fourth-order valence-electron chi connectivity index (χ4n) is 3.19. The van der Waals surface area contributed by atoms with Crippen LogP contribution in [0.15, 0.2) is 0 Å². The lowest BCUT2D eigenvalue weighted by Gasteiger charge is -2.51. The first-order valence-electron chi connectivity index (χ1n) is 8.41. The van der Waals surface area contributed by atoms with Gasteiger partial charge in [-0.25, -0.2) is 0 Å². The maximum Gasteiger partial charge on any atom is 0.317 e. The largest absolute Gasteiger partial charge is 0.481 e. The molecule has 0 unspecified atom stereocenters. The molecule has 13 heteroatoms. The van der Waals surface area contributed by atoms with E-state index in [1.165, 1.54) is 0 Å². The highest BCUT2D eigenvalue weighted by Crippen LogP contribution is 2.35. The molecule has 9 atom stereocenters. The van der Waals surface area contributed by atoms with E-state index in [0.717, 1.165) is 0 Å². The maximum atomic E-state index is 11.3. The van der Waals surface area contributed by atoms with Crippen molar-refractivity contribution in [2.45, 2.75) is 60.9 Å². The molecule has 0 aromatic heterocycles. The molecule has 0 aliphatic carbocycles. The predicted octanol–water partition coefficient (Wildman–Crippen LogP) is -5.30. The van der Waals surface area contributed by atoms with Gasteiger partial charge in [0.1, 0.15) is 67.5 Å². The van der Waals surface area contributed by atoms with Gasteiger partial charge in [0.05, 0.1) is 13.2 Å². The minimum Gasteiger partial charge on any atom is -0.481 e. The molecular formula is C15H24O13. The highest BCUT2D eigenvalue weighted by atomic mass is 16.6. The summed E-state index contributed by atoms with van der Waals surface area (Å²) in [5.74, 6) is -2.53. The highest BCUT2D eigenvalue weighted by molar-refractivity contribution is 5.90. The van der Waals surface area contributed by atoms with Gasteiger partial charge in [0.15, 0.2) is 0 Å². The summed E-state index contributed by atoms with van der Waals surface area (Å²) < 4.78 is 15.0. The average Bonchev–Trinajstić information content (AvgIpc) is 2.63. The fraction of sp³-hybridized carbons (Fsp3) is 0.867. The molecule has 2 aliphatic rings. The summed E-state index contributed by atoms with van der Waals surface area (Å²) in [5.41, 5.74) is -2.45. The highest BCUT2D eigenvalue weighted by Gasteiger charge is 2.59. The molecule has 0 radical (unpaired) electrons. The van der Waals surface area contributed by atoms with Gasteiger partial charge < -0.3 is 55.1 Å². The molecule has 0 saturated carbocycles. The Balaban J connectivity index is 2.07. The van der Waals surface area contributed by atoms with Crippen LogP contribution in [-0.4, -0.2) is 127 Å². The van der Waals surface area contributed by atoms with E-state index in [1.54, 1.807) is 0 Å². The lowest BCUT2D eigenvalue weighted by Crippen LogP contribution is -2.73. The third-order valence-electron chi connectivity index (χ3n) is 4.83. The fourth-order valence-corrected chi connectivity index (χ4v) is 3.19. The monoisotopic (exact) mass is 412 g/mol. The SMILES string of the molecule is O=C(O)CC(=O)OC[C@H]1OC[C@@](O)([C@@H]2O[C@H](CO)[C@@H](O)[C@H](O)[C@H]2O)[C@@H](O)[C@@H]1O. The molecule has 2 saturated heterocycles. The minimum atomic E-state index is -2.45. The zero-order valence-corrected chi connectivity index (χ0v) is 14.6. The first-order valence-corrected chi connectivity index (χ1v) is 8.41. The smallest absolute Gasteiger partial charge is 0.317 e. The van der Waals surface area contributed by atoms with Crippen LogP contribution in [0.3, 0.4) is 0 Å². The number of rotatable bonds is 6. The quantitative estimate of drug-likeness (QED) is 0.151. The van der Waals surface area contributed by atoms with Crippen molar-refractivity contribution in [2.75, 3.05) is 19.8 Å². The first-order chi connectivity index (χ1) is 13.0. The van der Waals surface area contributed by atoms with Crippen LogP contribution in [0.1, 0.15) is 6.42 Å². The van der Waals surface area contributed by atoms with Gasteiger partial charge in [0.25, 0.3) is 0 Å². The predicted molar refractivity (Wildman–Crippen MR) is 83.7 cm³/mol. The van der Waals surface area contributed by atoms with Gasteiger partial charge in [0, 0.05) is 0 Å². The topological polar surface area (TPSA) is 224 Å². The molecule has 0 bridgehead atoms. The van der Waals surface area contributed by atoms with E-state index in [2.05, 4.69) is 4.74 Å². The molecule has 2 rings (SSSR count). The molecule has 2 heterocycles. The average molecular weight is 412 g/mol. The molecule has 2 aliphatic heterocycles. The second kappa shape index (κ2) is 8.94. The zero-order chi connectivity index (χ0) is 21.2. The second-order valence-electron chi connectivity index (χ2n) is 6.78. The number of hydrogen-bond donors (Lipinski definition) is 8. The lowest BCUT2D eigenvalue weighted by atomic mass is 9.78. The summed E-state index contributed by atoms with van der Waals surface area (Å²) in [6.45, 7) is -2.12. The molecular weight excluding hydrogens is 388 g/mol. The number of carboxylic acid groups (broad SMARTS) is 1. The normalized spacial score (nSPS) is 44.1. The van der Waals surface area contributed by atoms with Gasteiger partial charge in [-0.1, -0.05) is 0 Å². The summed E-state index contributed by atoms with van der Waals surface area (Å²) >= 11 is 0. The van der Waals surface area contributed by atoms with Crippen LogP contribution in [-0.2, 0) is 23.8 Å². The summed E-state index contributed by atoms with van der Waals surface area (Å²) in [7, 11) is 0. The van der Waals surface area contributed by atoms with Crippen molar-refractivity contribution >= 4 is 11.9 Å². The summed E-state index contributed by atoms with van der Waals surface area (Å²) in [6, 6.07) is 0. The van der Waals surface area contributed by atoms with E-state index in [1.807, 2.05) is 0 Å². The van der Waals surface area contributed by atoms with Gasteiger partial charge in [-0.2, -0.15) is 0 Å². The standard InChI is InChI=1S/C15H24O13/c16-2-5-9(20)11(22)12(23)14(28-5)15(25)4-27-6(10(21)13(15)24)3-26-8(19)1-7(17)18/h5-6,9-14,16,20-25H,1-4H2,(H,17,18)/t5-,6-,9-,10-,11+,12-,13+,14-,15+/m1/s1. The van der Waals surface area contributed by atoms with Crippen LogP contribution >= 0.6 is 0 Å². The van der Waals surface area contributed by atoms with Crippen LogP contribution in [0, 0.1) is 0 Å². The van der Waals surface area contributed by atoms with E-state index >= 15 is 0 Å². The van der Waals surface area contributed by atoms with Crippen LogP contribution in [0.5, 0.6) is 0 Å². The Hall–Kier alpha value is -1.42. The molecule has 0 aromatic rings. The number of carbonyl (C=O) groups is 2. The number of hydrogen-bond acceptors (Lipinski definition) is 12. The molecule has 0 amide bonds. The van der Waals surface area contributed by atoms with Crippen molar-refractivity contribution in [1.82, 2.24) is 0 Å². The molecule has 8 N–H and O–H groups in total. The molecule has 13 nitrogen and oxygen atoms in total. The Morgan fingerprint density at radius 1 is 1.00 bits per heavy atom. The van der Waals surface area contributed by atoms with Crippen molar-refractivity contribution in [2.24, 2.45) is 0 Å². The number of carboxylic acids is 1. The number of carbonyl (C=O) groups excluding carboxylic acids is 1. The van der Waals surface area contributed by atoms with Gasteiger partial charge in [0.2, 0.25) is 0 Å². The molecule has 0 aromatic carbocycles. The molecule has 2 fully saturated rings. The number of esters is 1. The summed E-state index contributed by atoms with van der Waals surface area (Å²) in [6.07, 6.45) is -14.6. The lowest BCUT2D eigenvalue weighted by molar-refractivity contribution is -0.323. The van der Waals surface area contributed by atoms with Crippen molar-refractivity contribution in [3.63, 3.8) is 0 Å². The van der Waals surface area contributed by atoms with Crippen LogP contribution < -0.4 is 0 Å². The van der Waals surface area contributed by atoms with E-state index in [0.29, 0.717) is 0 Å². The second-order valence-corrected chi connectivity index (χ2v) is 6.78. The van der Waals surface area contributed by atoms with E-state index in [-0.39, 0.29) is 0 Å². The Labute approximate surface area is 158 Å². The van der Waals surface area contributed by atoms with Gasteiger partial charge >= 0.3 is 11.9 Å². The molecule has 162 valence electrons. The maximum absolute atomic E-state index is 11.3. The van der Waals surface area contributed by atoms with E-state index < -0.39 is 92.6 Å². The number of aliphatic hydroxyl groups excluding tert-OH is 6. The minimum absolute atomic E-state index is 0.616. The third kappa shape index (κ3) is 4.42. The first kappa shape index (κ1) is 22.9. The van der Waals surface area contributed by atoms with Crippen LogP contribution in [0.25, 0.3) is 0 Å². The number of aliphatic hydroxyl groups is 7. The Morgan fingerprint density at radius 2 is 1.64 bits per heavy atom. The van der Waals surface area contributed by atoms with Gasteiger partial charge in [-0.15, -0.1) is 0 Å². The van der Waals surface area contributed by atoms with Gasteiger partial charge in [-0.3, -0.25) is 9.59 Å². The summed E-state index contributed by atoms with van der Waals surface area (Å²) in [4.78, 5) is 21.7. The van der Waals surface area contributed by atoms with Crippen LogP contribution in [0.2, 0.25) is 0 Å².